The number of rotatable bonds is 2. The number of allylic oxidation sites excluding steroid dienone is 4. The Kier molecular flexibility index (Phi) is 3.30. The molecule has 0 aliphatic carbocycles. The van der Waals surface area contributed by atoms with Crippen LogP contribution in [0.1, 0.15) is 20.8 Å². The average Bonchev–Trinajstić information content (AvgIpc) is 2.39. The lowest BCUT2D eigenvalue weighted by Gasteiger charge is -2.20. The summed E-state index contributed by atoms with van der Waals surface area (Å²) in [4.78, 5) is 13.7. The molecule has 1 saturated heterocycles. The Morgan fingerprint density at radius 3 is 2.33 bits per heavy atom. The third-order valence-corrected chi connectivity index (χ3v) is 2.43. The van der Waals surface area contributed by atoms with Crippen LogP contribution in [-0.2, 0) is 4.79 Å². The number of carbonyl (C=O) groups is 1. The van der Waals surface area contributed by atoms with Crippen molar-refractivity contribution in [2.75, 3.05) is 0 Å². The van der Waals surface area contributed by atoms with Crippen LogP contribution in [0.4, 0.5) is 0 Å². The van der Waals surface area contributed by atoms with E-state index >= 15 is 0 Å². The Bertz CT molecular complexity index is 372. The topological polar surface area (TPSA) is 20.3 Å². The first-order valence-corrected chi connectivity index (χ1v) is 5.06. The van der Waals surface area contributed by atoms with E-state index < -0.39 is 0 Å². The summed E-state index contributed by atoms with van der Waals surface area (Å²) in [5.41, 5.74) is 2.38. The first kappa shape index (κ1) is 11.5. The molecule has 1 heterocycles. The predicted molar refractivity (Wildman–Crippen MR) is 63.2 cm³/mol. The van der Waals surface area contributed by atoms with E-state index in [-0.39, 0.29) is 11.9 Å². The van der Waals surface area contributed by atoms with Gasteiger partial charge in [0.25, 0.3) is 5.91 Å². The van der Waals surface area contributed by atoms with Crippen LogP contribution in [0.2, 0.25) is 0 Å². The van der Waals surface area contributed by atoms with Crippen LogP contribution in [0, 0.1) is 0 Å². The van der Waals surface area contributed by atoms with Crippen molar-refractivity contribution in [2.45, 2.75) is 26.8 Å². The van der Waals surface area contributed by atoms with Crippen LogP contribution in [0.3, 0.4) is 0 Å². The summed E-state index contributed by atoms with van der Waals surface area (Å²) in [5, 5.41) is 0. The van der Waals surface area contributed by atoms with Gasteiger partial charge in [-0.1, -0.05) is 25.3 Å². The van der Waals surface area contributed by atoms with Gasteiger partial charge in [0.1, 0.15) is 0 Å². The minimum absolute atomic E-state index is 0.0167. The van der Waals surface area contributed by atoms with Gasteiger partial charge in [-0.25, -0.2) is 0 Å². The first-order valence-electron chi connectivity index (χ1n) is 5.06. The molecule has 0 unspecified atom stereocenters. The molecule has 1 fully saturated rings. The summed E-state index contributed by atoms with van der Waals surface area (Å²) in [5.74, 6) is 0.0167. The van der Waals surface area contributed by atoms with Crippen molar-refractivity contribution >= 4 is 5.91 Å². The Morgan fingerprint density at radius 2 is 1.93 bits per heavy atom. The van der Waals surface area contributed by atoms with Gasteiger partial charge in [-0.3, -0.25) is 4.79 Å². The fourth-order valence-corrected chi connectivity index (χ4v) is 1.80. The lowest BCUT2D eigenvalue weighted by Crippen LogP contribution is -2.30. The molecule has 1 amide bonds. The number of nitrogens with zero attached hydrogens (tertiary/aromatic N) is 1. The monoisotopic (exact) mass is 203 g/mol. The van der Waals surface area contributed by atoms with E-state index in [0.717, 1.165) is 11.3 Å². The molecule has 15 heavy (non-hydrogen) atoms. The molecule has 2 nitrogen and oxygen atoms in total. The molecule has 80 valence electrons. The predicted octanol–water partition coefficient (Wildman–Crippen LogP) is 2.81. The summed E-state index contributed by atoms with van der Waals surface area (Å²) in [6.07, 6.45) is 5.29. The number of hydrogen-bond acceptors (Lipinski definition) is 1. The number of hydrogen-bond donors (Lipinski definition) is 0. The molecule has 0 aromatic heterocycles. The van der Waals surface area contributed by atoms with Crippen LogP contribution in [0.25, 0.3) is 0 Å². The molecule has 2 heteroatoms. The lowest BCUT2D eigenvalue weighted by molar-refractivity contribution is -0.124. The largest absolute Gasteiger partial charge is 0.306 e. The van der Waals surface area contributed by atoms with Gasteiger partial charge in [0.15, 0.2) is 0 Å². The minimum atomic E-state index is 0.0167. The highest BCUT2D eigenvalue weighted by Crippen LogP contribution is 2.33. The fraction of sp³-hybridized carbons (Fsp3) is 0.308. The zero-order valence-electron chi connectivity index (χ0n) is 9.58. The standard InChI is InChI=1S/C13H17NO/c1-6-8-12-11(7-2)10(5)14(9(3)4)13(12)15/h6-9H,1,5H2,2-4H3/b11-7-,12-8+. The SMILES string of the molecule is C=C/C=C1/C(=O)N(C(C)C)C(=C)/C1=C/C. The summed E-state index contributed by atoms with van der Waals surface area (Å²) >= 11 is 0. The van der Waals surface area contributed by atoms with Crippen LogP contribution in [0.5, 0.6) is 0 Å². The van der Waals surface area contributed by atoms with E-state index in [2.05, 4.69) is 13.2 Å². The first-order chi connectivity index (χ1) is 7.04. The molecule has 1 aliphatic rings. The molecule has 1 aliphatic heterocycles. The van der Waals surface area contributed by atoms with Gasteiger partial charge < -0.3 is 4.90 Å². The summed E-state index contributed by atoms with van der Waals surface area (Å²) in [6, 6.07) is 0.135. The van der Waals surface area contributed by atoms with Gasteiger partial charge >= 0.3 is 0 Å². The number of amides is 1. The average molecular weight is 203 g/mol. The van der Waals surface area contributed by atoms with Crippen molar-refractivity contribution in [1.29, 1.82) is 0 Å². The summed E-state index contributed by atoms with van der Waals surface area (Å²) < 4.78 is 0. The van der Waals surface area contributed by atoms with Crippen LogP contribution in [0.15, 0.2) is 48.2 Å². The second-order valence-corrected chi connectivity index (χ2v) is 3.73. The second-order valence-electron chi connectivity index (χ2n) is 3.73. The maximum absolute atomic E-state index is 12.0. The van der Waals surface area contributed by atoms with Gasteiger partial charge in [0.2, 0.25) is 0 Å². The van der Waals surface area contributed by atoms with Crippen molar-refractivity contribution in [3.63, 3.8) is 0 Å². The van der Waals surface area contributed by atoms with Crippen LogP contribution >= 0.6 is 0 Å². The van der Waals surface area contributed by atoms with Gasteiger partial charge in [-0.2, -0.15) is 0 Å². The Hall–Kier alpha value is -1.57. The van der Waals surface area contributed by atoms with Gasteiger partial charge in [0.05, 0.1) is 0 Å². The number of carbonyl (C=O) groups excluding carboxylic acids is 1. The highest BCUT2D eigenvalue weighted by Gasteiger charge is 2.34. The summed E-state index contributed by atoms with van der Waals surface area (Å²) in [6.45, 7) is 13.4. The van der Waals surface area contributed by atoms with E-state index in [1.165, 1.54) is 0 Å². The molecule has 0 N–H and O–H groups in total. The molecule has 0 aromatic carbocycles. The summed E-state index contributed by atoms with van der Waals surface area (Å²) in [7, 11) is 0. The quantitative estimate of drug-likeness (QED) is 0.632. The van der Waals surface area contributed by atoms with E-state index in [9.17, 15) is 4.79 Å². The van der Waals surface area contributed by atoms with Crippen molar-refractivity contribution in [1.82, 2.24) is 4.90 Å². The van der Waals surface area contributed by atoms with E-state index in [1.54, 1.807) is 17.1 Å². The third kappa shape index (κ3) is 1.80. The minimum Gasteiger partial charge on any atom is -0.306 e. The van der Waals surface area contributed by atoms with Gasteiger partial charge in [0, 0.05) is 22.9 Å². The Balaban J connectivity index is 3.25. The van der Waals surface area contributed by atoms with Crippen LogP contribution < -0.4 is 0 Å². The molecule has 0 atom stereocenters. The highest BCUT2D eigenvalue weighted by molar-refractivity contribution is 6.05. The van der Waals surface area contributed by atoms with Crippen LogP contribution in [-0.4, -0.2) is 16.8 Å². The zero-order chi connectivity index (χ0) is 11.6. The van der Waals surface area contributed by atoms with Gasteiger partial charge in [-0.15, -0.1) is 0 Å². The molecular weight excluding hydrogens is 186 g/mol. The van der Waals surface area contributed by atoms with Crippen molar-refractivity contribution < 1.29 is 4.79 Å². The zero-order valence-corrected chi connectivity index (χ0v) is 9.58. The maximum atomic E-state index is 12.0. The second kappa shape index (κ2) is 4.30. The molecule has 0 aromatic rings. The third-order valence-electron chi connectivity index (χ3n) is 2.43. The Morgan fingerprint density at radius 1 is 1.33 bits per heavy atom. The molecule has 0 bridgehead atoms. The van der Waals surface area contributed by atoms with E-state index in [1.807, 2.05) is 26.8 Å². The smallest absolute Gasteiger partial charge is 0.259 e. The van der Waals surface area contributed by atoms with Crippen molar-refractivity contribution in [3.8, 4) is 0 Å². The molecular formula is C13H17NO. The molecule has 0 spiro atoms. The fourth-order valence-electron chi connectivity index (χ4n) is 1.80. The molecule has 0 saturated carbocycles. The van der Waals surface area contributed by atoms with E-state index in [0.29, 0.717) is 5.57 Å². The van der Waals surface area contributed by atoms with Crippen molar-refractivity contribution in [2.24, 2.45) is 0 Å². The lowest BCUT2D eigenvalue weighted by atomic mass is 10.1. The Labute approximate surface area is 91.3 Å². The normalized spacial score (nSPS) is 22.3. The number of likely N-dealkylation sites (tertiary alicyclic amines) is 1. The molecule has 1 rings (SSSR count). The highest BCUT2D eigenvalue weighted by atomic mass is 16.2. The maximum Gasteiger partial charge on any atom is 0.259 e. The van der Waals surface area contributed by atoms with E-state index in [4.69, 9.17) is 0 Å². The van der Waals surface area contributed by atoms with Crippen molar-refractivity contribution in [3.05, 3.63) is 48.2 Å². The molecule has 0 radical (unpaired) electrons. The van der Waals surface area contributed by atoms with Gasteiger partial charge in [-0.05, 0) is 26.8 Å².